The molecular formula is C32H32N2O4. The molecule has 4 rings (SSSR count). The van der Waals surface area contributed by atoms with E-state index in [1.54, 1.807) is 18.2 Å². The summed E-state index contributed by atoms with van der Waals surface area (Å²) in [6.45, 7) is 6.76. The van der Waals surface area contributed by atoms with E-state index in [4.69, 9.17) is 9.84 Å². The van der Waals surface area contributed by atoms with Crippen molar-refractivity contribution < 1.29 is 19.4 Å². The molecule has 0 aliphatic rings. The number of carboxylic acid groups (broad SMARTS) is 1. The lowest BCUT2D eigenvalue weighted by molar-refractivity contribution is -0.136. The van der Waals surface area contributed by atoms with Crippen molar-refractivity contribution in [3.05, 3.63) is 119 Å². The number of amides is 1. The van der Waals surface area contributed by atoms with E-state index in [0.717, 1.165) is 33.2 Å². The minimum absolute atomic E-state index is 0.00219. The molecule has 6 nitrogen and oxygen atoms in total. The Morgan fingerprint density at radius 2 is 1.47 bits per heavy atom. The summed E-state index contributed by atoms with van der Waals surface area (Å²) in [6, 6.07) is 29.1. The molecule has 194 valence electrons. The number of nitrogens with one attached hydrogen (secondary N) is 2. The van der Waals surface area contributed by atoms with E-state index in [9.17, 15) is 9.59 Å². The van der Waals surface area contributed by atoms with Gasteiger partial charge in [0, 0.05) is 5.56 Å². The third-order valence-corrected chi connectivity index (χ3v) is 6.20. The number of rotatable bonds is 9. The Balaban J connectivity index is 1.37. The number of carboxylic acids is 1. The van der Waals surface area contributed by atoms with Crippen molar-refractivity contribution in [3.63, 3.8) is 0 Å². The van der Waals surface area contributed by atoms with Crippen LogP contribution < -0.4 is 15.6 Å². The summed E-state index contributed by atoms with van der Waals surface area (Å²) in [5.74, 6) is -0.506. The average molecular weight is 509 g/mol. The van der Waals surface area contributed by atoms with Crippen molar-refractivity contribution in [1.82, 2.24) is 10.9 Å². The number of benzene rings is 4. The average Bonchev–Trinajstić information content (AvgIpc) is 2.91. The first-order chi connectivity index (χ1) is 18.2. The summed E-state index contributed by atoms with van der Waals surface area (Å²) in [6.07, 6.45) is 1.37. The van der Waals surface area contributed by atoms with Crippen molar-refractivity contribution in [1.29, 1.82) is 0 Å². The first-order valence-corrected chi connectivity index (χ1v) is 12.5. The highest BCUT2D eigenvalue weighted by atomic mass is 16.5. The van der Waals surface area contributed by atoms with Gasteiger partial charge in [0.15, 0.2) is 0 Å². The summed E-state index contributed by atoms with van der Waals surface area (Å²) >= 11 is 0. The Labute approximate surface area is 222 Å². The molecule has 3 N–H and O–H groups in total. The lowest BCUT2D eigenvalue weighted by Crippen LogP contribution is -2.36. The van der Waals surface area contributed by atoms with Gasteiger partial charge in [0.1, 0.15) is 12.4 Å². The van der Waals surface area contributed by atoms with Gasteiger partial charge in [-0.25, -0.2) is 0 Å². The zero-order chi connectivity index (χ0) is 27.1. The fourth-order valence-corrected chi connectivity index (χ4v) is 3.95. The van der Waals surface area contributed by atoms with Crippen LogP contribution in [0.4, 0.5) is 0 Å². The van der Waals surface area contributed by atoms with Gasteiger partial charge in [0.25, 0.3) is 5.91 Å². The number of carbonyl (C=O) groups is 2. The summed E-state index contributed by atoms with van der Waals surface area (Å²) in [4.78, 5) is 23.9. The molecule has 0 saturated heterocycles. The maximum Gasteiger partial charge on any atom is 0.307 e. The minimum Gasteiger partial charge on any atom is -0.489 e. The van der Waals surface area contributed by atoms with Crippen LogP contribution in [0.2, 0.25) is 0 Å². The van der Waals surface area contributed by atoms with Gasteiger partial charge in [0.2, 0.25) is 0 Å². The minimum atomic E-state index is -0.955. The topological polar surface area (TPSA) is 87.7 Å². The second kappa shape index (κ2) is 11.6. The predicted molar refractivity (Wildman–Crippen MR) is 151 cm³/mol. The lowest BCUT2D eigenvalue weighted by atomic mass is 9.86. The summed E-state index contributed by atoms with van der Waals surface area (Å²) < 4.78 is 5.94. The molecule has 38 heavy (non-hydrogen) atoms. The van der Waals surface area contributed by atoms with Crippen LogP contribution in [0.1, 0.15) is 54.2 Å². The monoisotopic (exact) mass is 508 g/mol. The molecule has 4 aromatic carbocycles. The van der Waals surface area contributed by atoms with Crippen LogP contribution in [0.5, 0.6) is 5.75 Å². The Morgan fingerprint density at radius 1 is 0.816 bits per heavy atom. The molecule has 1 amide bonds. The van der Waals surface area contributed by atoms with Crippen molar-refractivity contribution in [2.24, 2.45) is 0 Å². The zero-order valence-corrected chi connectivity index (χ0v) is 21.8. The molecule has 0 saturated carbocycles. The van der Waals surface area contributed by atoms with Crippen LogP contribution in [0.25, 0.3) is 16.5 Å². The molecule has 0 aliphatic carbocycles. The number of hydrogen-bond donors (Lipinski definition) is 3. The number of hydrazine groups is 1. The number of carbonyl (C=O) groups excluding carboxylic acids is 1. The van der Waals surface area contributed by atoms with Crippen LogP contribution >= 0.6 is 0 Å². The van der Waals surface area contributed by atoms with Crippen LogP contribution in [-0.4, -0.2) is 17.0 Å². The molecule has 0 radical (unpaired) electrons. The molecule has 0 unspecified atom stereocenters. The number of hydrogen-bond acceptors (Lipinski definition) is 4. The van der Waals surface area contributed by atoms with E-state index in [1.807, 2.05) is 72.8 Å². The van der Waals surface area contributed by atoms with Gasteiger partial charge in [-0.1, -0.05) is 87.5 Å². The van der Waals surface area contributed by atoms with Gasteiger partial charge in [-0.05, 0) is 63.2 Å². The van der Waals surface area contributed by atoms with E-state index < -0.39 is 5.97 Å². The quantitative estimate of drug-likeness (QED) is 0.226. The molecular weight excluding hydrogens is 476 g/mol. The van der Waals surface area contributed by atoms with Gasteiger partial charge in [-0.3, -0.25) is 20.4 Å². The second-order valence-electron chi connectivity index (χ2n) is 10.1. The Kier molecular flexibility index (Phi) is 8.12. The number of ether oxygens (including phenoxy) is 1. The van der Waals surface area contributed by atoms with Crippen LogP contribution in [0.15, 0.2) is 97.1 Å². The highest BCUT2D eigenvalue weighted by molar-refractivity contribution is 5.94. The fraction of sp³-hybridized carbons (Fsp3) is 0.188. The number of fused-ring (bicyclic) bond motifs is 1. The molecule has 0 bridgehead atoms. The molecule has 0 fully saturated rings. The highest BCUT2D eigenvalue weighted by Crippen LogP contribution is 2.24. The van der Waals surface area contributed by atoms with Gasteiger partial charge in [-0.2, -0.15) is 0 Å². The SMILES string of the molecule is CC(C)(C)c1ccc(/C(=C\CC(=O)O)NNC(=O)c2ccc(COc3ccc4ccccc4c3)cc2)cc1. The van der Waals surface area contributed by atoms with Crippen molar-refractivity contribution in [3.8, 4) is 5.75 Å². The van der Waals surface area contributed by atoms with E-state index in [-0.39, 0.29) is 17.7 Å². The summed E-state index contributed by atoms with van der Waals surface area (Å²) in [5, 5.41) is 11.4. The normalized spacial score (nSPS) is 11.7. The Bertz CT molecular complexity index is 1450. The third-order valence-electron chi connectivity index (χ3n) is 6.20. The van der Waals surface area contributed by atoms with Crippen molar-refractivity contribution in [2.45, 2.75) is 39.2 Å². The van der Waals surface area contributed by atoms with Crippen LogP contribution in [0.3, 0.4) is 0 Å². The second-order valence-corrected chi connectivity index (χ2v) is 10.1. The van der Waals surface area contributed by atoms with Crippen LogP contribution in [0, 0.1) is 0 Å². The van der Waals surface area contributed by atoms with E-state index in [2.05, 4.69) is 37.7 Å². The number of aliphatic carboxylic acids is 1. The molecule has 0 aliphatic heterocycles. The van der Waals surface area contributed by atoms with Gasteiger partial charge in [0.05, 0.1) is 12.1 Å². The van der Waals surface area contributed by atoms with E-state index in [1.165, 1.54) is 0 Å². The Morgan fingerprint density at radius 3 is 2.13 bits per heavy atom. The largest absolute Gasteiger partial charge is 0.489 e. The van der Waals surface area contributed by atoms with Gasteiger partial charge >= 0.3 is 5.97 Å². The first-order valence-electron chi connectivity index (χ1n) is 12.5. The fourth-order valence-electron chi connectivity index (χ4n) is 3.95. The predicted octanol–water partition coefficient (Wildman–Crippen LogP) is 6.47. The van der Waals surface area contributed by atoms with Gasteiger partial charge < -0.3 is 9.84 Å². The molecule has 0 atom stereocenters. The first kappa shape index (κ1) is 26.5. The smallest absolute Gasteiger partial charge is 0.307 e. The standard InChI is InChI=1S/C32H32N2O4/c1-32(2,3)27-15-12-24(13-16-27)29(18-19-30(35)36)33-34-31(37)25-10-8-22(9-11-25)21-38-28-17-14-23-6-4-5-7-26(23)20-28/h4-18,20,33H,19,21H2,1-3H3,(H,34,37)(H,35,36)/b29-18+. The van der Waals surface area contributed by atoms with Crippen molar-refractivity contribution in [2.75, 3.05) is 0 Å². The highest BCUT2D eigenvalue weighted by Gasteiger charge is 2.14. The van der Waals surface area contributed by atoms with Crippen molar-refractivity contribution >= 4 is 28.3 Å². The molecule has 6 heteroatoms. The third kappa shape index (κ3) is 7.01. The maximum absolute atomic E-state index is 12.8. The van der Waals surface area contributed by atoms with E-state index >= 15 is 0 Å². The maximum atomic E-state index is 12.8. The molecule has 0 heterocycles. The van der Waals surface area contributed by atoms with Gasteiger partial charge in [-0.15, -0.1) is 0 Å². The lowest BCUT2D eigenvalue weighted by Gasteiger charge is -2.20. The van der Waals surface area contributed by atoms with Crippen LogP contribution in [-0.2, 0) is 16.8 Å². The summed E-state index contributed by atoms with van der Waals surface area (Å²) in [5.41, 5.74) is 9.43. The summed E-state index contributed by atoms with van der Waals surface area (Å²) in [7, 11) is 0. The molecule has 0 aromatic heterocycles. The van der Waals surface area contributed by atoms with E-state index in [0.29, 0.717) is 17.9 Å². The zero-order valence-electron chi connectivity index (χ0n) is 21.8. The molecule has 0 spiro atoms. The molecule has 4 aromatic rings. The Hall–Kier alpha value is -4.58.